The summed E-state index contributed by atoms with van der Waals surface area (Å²) < 4.78 is 1.05. The highest BCUT2D eigenvalue weighted by Gasteiger charge is 2.31. The van der Waals surface area contributed by atoms with Crippen molar-refractivity contribution >= 4 is 27.5 Å². The van der Waals surface area contributed by atoms with E-state index in [1.165, 1.54) is 44.3 Å². The SMILES string of the molecule is CCC1(CC)CCN(Cc2ccc(Br)cc2Cl)CC1. The molecule has 1 saturated heterocycles. The standard InChI is InChI=1S/C16H23BrClN/c1-3-16(4-2)7-9-19(10-8-16)12-13-5-6-14(17)11-15(13)18/h5-6,11H,3-4,7-10,12H2,1-2H3. The first-order valence-electron chi connectivity index (χ1n) is 7.25. The quantitative estimate of drug-likeness (QED) is 0.696. The molecule has 1 nitrogen and oxygen atoms in total. The lowest BCUT2D eigenvalue weighted by Crippen LogP contribution is -2.39. The lowest BCUT2D eigenvalue weighted by molar-refractivity contribution is 0.0909. The maximum atomic E-state index is 6.30. The number of halogens is 2. The summed E-state index contributed by atoms with van der Waals surface area (Å²) in [6.45, 7) is 8.06. The average molecular weight is 345 g/mol. The van der Waals surface area contributed by atoms with Gasteiger partial charge in [-0.2, -0.15) is 0 Å². The van der Waals surface area contributed by atoms with Gasteiger partial charge in [0.05, 0.1) is 0 Å². The first kappa shape index (κ1) is 15.3. The van der Waals surface area contributed by atoms with E-state index < -0.39 is 0 Å². The second-order valence-electron chi connectivity index (χ2n) is 5.72. The van der Waals surface area contributed by atoms with Crippen LogP contribution in [0, 0.1) is 5.41 Å². The van der Waals surface area contributed by atoms with E-state index in [0.29, 0.717) is 5.41 Å². The lowest BCUT2D eigenvalue weighted by atomic mass is 9.74. The van der Waals surface area contributed by atoms with Gasteiger partial charge in [-0.3, -0.25) is 4.90 Å². The molecule has 106 valence electrons. The van der Waals surface area contributed by atoms with E-state index in [-0.39, 0.29) is 0 Å². The molecule has 1 aliphatic rings. The third-order valence-electron chi connectivity index (χ3n) is 4.83. The molecular weight excluding hydrogens is 322 g/mol. The predicted octanol–water partition coefficient (Wildman–Crippen LogP) is 5.50. The van der Waals surface area contributed by atoms with Crippen LogP contribution in [0.5, 0.6) is 0 Å². The number of piperidine rings is 1. The fraction of sp³-hybridized carbons (Fsp3) is 0.625. The Balaban J connectivity index is 1.95. The zero-order valence-corrected chi connectivity index (χ0v) is 14.2. The van der Waals surface area contributed by atoms with E-state index in [4.69, 9.17) is 11.6 Å². The molecule has 0 bridgehead atoms. The van der Waals surface area contributed by atoms with Crippen molar-refractivity contribution in [3.63, 3.8) is 0 Å². The fourth-order valence-corrected chi connectivity index (χ4v) is 3.77. The van der Waals surface area contributed by atoms with Crippen LogP contribution in [0.1, 0.15) is 45.1 Å². The molecule has 2 rings (SSSR count). The number of hydrogen-bond donors (Lipinski definition) is 0. The molecule has 19 heavy (non-hydrogen) atoms. The van der Waals surface area contributed by atoms with Crippen molar-refractivity contribution in [1.82, 2.24) is 4.90 Å². The molecule has 1 aromatic rings. The predicted molar refractivity (Wildman–Crippen MR) is 86.7 cm³/mol. The van der Waals surface area contributed by atoms with Gasteiger partial charge < -0.3 is 0 Å². The van der Waals surface area contributed by atoms with Gasteiger partial charge in [0.2, 0.25) is 0 Å². The van der Waals surface area contributed by atoms with Gasteiger partial charge in [-0.25, -0.2) is 0 Å². The van der Waals surface area contributed by atoms with E-state index >= 15 is 0 Å². The number of nitrogens with zero attached hydrogens (tertiary/aromatic N) is 1. The van der Waals surface area contributed by atoms with E-state index in [0.717, 1.165) is 16.0 Å². The van der Waals surface area contributed by atoms with E-state index in [2.05, 4.69) is 46.8 Å². The summed E-state index contributed by atoms with van der Waals surface area (Å²) in [5, 5.41) is 0.872. The molecular formula is C16H23BrClN. The molecule has 3 heteroatoms. The van der Waals surface area contributed by atoms with Crippen LogP contribution in [0.4, 0.5) is 0 Å². The molecule has 1 aromatic carbocycles. The van der Waals surface area contributed by atoms with E-state index in [1.807, 2.05) is 6.07 Å². The molecule has 0 aliphatic carbocycles. The molecule has 0 unspecified atom stereocenters. The molecule has 0 aromatic heterocycles. The Morgan fingerprint density at radius 3 is 2.37 bits per heavy atom. The lowest BCUT2D eigenvalue weighted by Gasteiger charge is -2.41. The third kappa shape index (κ3) is 3.74. The van der Waals surface area contributed by atoms with Crippen LogP contribution in [-0.4, -0.2) is 18.0 Å². The van der Waals surface area contributed by atoms with Gasteiger partial charge >= 0.3 is 0 Å². The molecule has 1 aliphatic heterocycles. The highest BCUT2D eigenvalue weighted by molar-refractivity contribution is 9.10. The van der Waals surface area contributed by atoms with Crippen molar-refractivity contribution < 1.29 is 0 Å². The Morgan fingerprint density at radius 2 is 1.84 bits per heavy atom. The van der Waals surface area contributed by atoms with Crippen LogP contribution >= 0.6 is 27.5 Å². The summed E-state index contributed by atoms with van der Waals surface area (Å²) in [6.07, 6.45) is 5.29. The molecule has 0 atom stereocenters. The molecule has 0 N–H and O–H groups in total. The van der Waals surface area contributed by atoms with Crippen molar-refractivity contribution in [3.05, 3.63) is 33.3 Å². The second-order valence-corrected chi connectivity index (χ2v) is 7.04. The van der Waals surface area contributed by atoms with Gasteiger partial charge in [0.25, 0.3) is 0 Å². The van der Waals surface area contributed by atoms with Gasteiger partial charge in [-0.1, -0.05) is 60.3 Å². The van der Waals surface area contributed by atoms with Gasteiger partial charge in [-0.15, -0.1) is 0 Å². The van der Waals surface area contributed by atoms with Crippen LogP contribution in [0.3, 0.4) is 0 Å². The van der Waals surface area contributed by atoms with Crippen molar-refractivity contribution in [2.45, 2.75) is 46.1 Å². The Kier molecular flexibility index (Phi) is 5.33. The first-order valence-corrected chi connectivity index (χ1v) is 8.42. The highest BCUT2D eigenvalue weighted by atomic mass is 79.9. The molecule has 0 saturated carbocycles. The number of rotatable bonds is 4. The Morgan fingerprint density at radius 1 is 1.21 bits per heavy atom. The first-order chi connectivity index (χ1) is 9.08. The van der Waals surface area contributed by atoms with Crippen LogP contribution in [0.25, 0.3) is 0 Å². The van der Waals surface area contributed by atoms with Crippen LogP contribution in [-0.2, 0) is 6.54 Å². The summed E-state index contributed by atoms with van der Waals surface area (Å²) >= 11 is 9.76. The molecule has 1 fully saturated rings. The molecule has 0 radical (unpaired) electrons. The zero-order chi connectivity index (χ0) is 13.9. The topological polar surface area (TPSA) is 3.24 Å². The van der Waals surface area contributed by atoms with Crippen LogP contribution in [0.15, 0.2) is 22.7 Å². The second kappa shape index (κ2) is 6.60. The summed E-state index contributed by atoms with van der Waals surface area (Å²) in [7, 11) is 0. The van der Waals surface area contributed by atoms with E-state index in [9.17, 15) is 0 Å². The molecule has 1 heterocycles. The molecule has 0 amide bonds. The number of likely N-dealkylation sites (tertiary alicyclic amines) is 1. The van der Waals surface area contributed by atoms with Crippen molar-refractivity contribution in [2.24, 2.45) is 5.41 Å². The Labute approximate surface area is 130 Å². The maximum Gasteiger partial charge on any atom is 0.0462 e. The minimum atomic E-state index is 0.597. The van der Waals surface area contributed by atoms with Crippen molar-refractivity contribution in [3.8, 4) is 0 Å². The van der Waals surface area contributed by atoms with Gasteiger partial charge in [0.15, 0.2) is 0 Å². The third-order valence-corrected chi connectivity index (χ3v) is 5.67. The van der Waals surface area contributed by atoms with Crippen molar-refractivity contribution in [2.75, 3.05) is 13.1 Å². The Bertz CT molecular complexity index is 419. The van der Waals surface area contributed by atoms with Crippen LogP contribution < -0.4 is 0 Å². The minimum Gasteiger partial charge on any atom is -0.299 e. The van der Waals surface area contributed by atoms with Gasteiger partial charge in [-0.05, 0) is 49.0 Å². The number of hydrogen-bond acceptors (Lipinski definition) is 1. The van der Waals surface area contributed by atoms with Gasteiger partial charge in [0, 0.05) is 16.0 Å². The monoisotopic (exact) mass is 343 g/mol. The fourth-order valence-electron chi connectivity index (χ4n) is 3.03. The Hall–Kier alpha value is -0.0500. The average Bonchev–Trinajstić information content (AvgIpc) is 2.43. The highest BCUT2D eigenvalue weighted by Crippen LogP contribution is 2.38. The minimum absolute atomic E-state index is 0.597. The van der Waals surface area contributed by atoms with Crippen LogP contribution in [0.2, 0.25) is 5.02 Å². The maximum absolute atomic E-state index is 6.30. The summed E-state index contributed by atoms with van der Waals surface area (Å²) in [5.41, 5.74) is 1.84. The summed E-state index contributed by atoms with van der Waals surface area (Å²) in [4.78, 5) is 2.54. The van der Waals surface area contributed by atoms with Gasteiger partial charge in [0.1, 0.15) is 0 Å². The van der Waals surface area contributed by atoms with Crippen molar-refractivity contribution in [1.29, 1.82) is 0 Å². The normalized spacial score (nSPS) is 19.6. The smallest absolute Gasteiger partial charge is 0.0462 e. The summed E-state index contributed by atoms with van der Waals surface area (Å²) in [6, 6.07) is 6.20. The number of benzene rings is 1. The van der Waals surface area contributed by atoms with E-state index in [1.54, 1.807) is 0 Å². The largest absolute Gasteiger partial charge is 0.299 e. The summed E-state index contributed by atoms with van der Waals surface area (Å²) in [5.74, 6) is 0. The molecule has 0 spiro atoms. The zero-order valence-electron chi connectivity index (χ0n) is 11.9.